The van der Waals surface area contributed by atoms with Crippen molar-refractivity contribution in [2.45, 2.75) is 24.7 Å². The minimum atomic E-state index is -0.311. The van der Waals surface area contributed by atoms with Crippen LogP contribution in [0.2, 0.25) is 0 Å². The van der Waals surface area contributed by atoms with E-state index in [1.807, 2.05) is 12.1 Å². The summed E-state index contributed by atoms with van der Waals surface area (Å²) in [4.78, 5) is 8.37. The van der Waals surface area contributed by atoms with Gasteiger partial charge in [0.25, 0.3) is 0 Å². The summed E-state index contributed by atoms with van der Waals surface area (Å²) in [6.45, 7) is 0.805. The van der Waals surface area contributed by atoms with Crippen LogP contribution < -0.4 is 5.32 Å². The lowest BCUT2D eigenvalue weighted by atomic mass is 9.64. The summed E-state index contributed by atoms with van der Waals surface area (Å²) in [5, 5.41) is 4.17. The molecule has 4 heteroatoms. The number of aromatic nitrogens is 2. The molecular weight excluding hydrogens is 289 g/mol. The first-order chi connectivity index (χ1) is 11.3. The maximum absolute atomic E-state index is 13.9. The van der Waals surface area contributed by atoms with Gasteiger partial charge in [-0.2, -0.15) is 0 Å². The molecule has 0 saturated heterocycles. The molecule has 0 aliphatic heterocycles. The fourth-order valence-electron chi connectivity index (χ4n) is 3.41. The Morgan fingerprint density at radius 3 is 2.57 bits per heavy atom. The van der Waals surface area contributed by atoms with Crippen LogP contribution in [0.15, 0.2) is 54.9 Å². The van der Waals surface area contributed by atoms with Gasteiger partial charge in [0.1, 0.15) is 23.5 Å². The molecule has 3 nitrogen and oxygen atoms in total. The van der Waals surface area contributed by atoms with Crippen LogP contribution in [0.1, 0.15) is 24.8 Å². The molecule has 23 heavy (non-hydrogen) atoms. The van der Waals surface area contributed by atoms with Crippen LogP contribution in [0.3, 0.4) is 0 Å². The van der Waals surface area contributed by atoms with Crippen molar-refractivity contribution in [3.05, 3.63) is 66.2 Å². The van der Waals surface area contributed by atoms with E-state index in [1.54, 1.807) is 6.07 Å². The summed E-state index contributed by atoms with van der Waals surface area (Å²) in [5.41, 5.74) is 1.89. The van der Waals surface area contributed by atoms with Crippen LogP contribution in [-0.4, -0.2) is 16.5 Å². The topological polar surface area (TPSA) is 37.8 Å². The standard InChI is InChI=1S/C19H18FN3/c20-16-9-4-8-15-17(16)22-13-23-18(15)21-12-19(10-5-11-19)14-6-2-1-3-7-14/h1-4,6-9,13H,5,10-12H2,(H,21,22,23). The van der Waals surface area contributed by atoms with Crippen LogP contribution in [0.4, 0.5) is 10.2 Å². The van der Waals surface area contributed by atoms with Gasteiger partial charge in [-0.05, 0) is 30.5 Å². The second-order valence-corrected chi connectivity index (χ2v) is 6.21. The number of nitrogens with zero attached hydrogens (tertiary/aromatic N) is 2. The molecule has 0 spiro atoms. The van der Waals surface area contributed by atoms with Crippen molar-refractivity contribution in [1.29, 1.82) is 0 Å². The zero-order valence-electron chi connectivity index (χ0n) is 12.8. The molecule has 1 heterocycles. The molecule has 2 aromatic carbocycles. The molecule has 1 fully saturated rings. The Morgan fingerprint density at radius 1 is 1.00 bits per heavy atom. The molecule has 116 valence electrons. The maximum atomic E-state index is 13.9. The molecule has 3 aromatic rings. The summed E-state index contributed by atoms with van der Waals surface area (Å²) in [6, 6.07) is 15.6. The van der Waals surface area contributed by atoms with Crippen LogP contribution in [-0.2, 0) is 5.41 Å². The number of hydrogen-bond acceptors (Lipinski definition) is 3. The summed E-state index contributed by atoms with van der Waals surface area (Å²) < 4.78 is 13.9. The van der Waals surface area contributed by atoms with Crippen molar-refractivity contribution >= 4 is 16.7 Å². The van der Waals surface area contributed by atoms with Crippen molar-refractivity contribution < 1.29 is 4.39 Å². The molecule has 1 N–H and O–H groups in total. The number of fused-ring (bicyclic) bond motifs is 1. The zero-order chi connectivity index (χ0) is 15.7. The fraction of sp³-hybridized carbons (Fsp3) is 0.263. The Hall–Kier alpha value is -2.49. The average Bonchev–Trinajstić information content (AvgIpc) is 2.56. The van der Waals surface area contributed by atoms with Gasteiger partial charge in [-0.15, -0.1) is 0 Å². The van der Waals surface area contributed by atoms with Gasteiger partial charge in [0.15, 0.2) is 0 Å². The molecule has 1 aromatic heterocycles. The number of para-hydroxylation sites is 1. The lowest BCUT2D eigenvalue weighted by Gasteiger charge is -2.42. The predicted octanol–water partition coefficient (Wildman–Crippen LogP) is 4.30. The number of hydrogen-bond donors (Lipinski definition) is 1. The van der Waals surface area contributed by atoms with E-state index in [0.717, 1.165) is 11.9 Å². The zero-order valence-corrected chi connectivity index (χ0v) is 12.8. The Balaban J connectivity index is 1.63. The number of benzene rings is 2. The van der Waals surface area contributed by atoms with Crippen molar-refractivity contribution in [2.75, 3.05) is 11.9 Å². The molecule has 4 rings (SSSR count). The number of nitrogens with one attached hydrogen (secondary N) is 1. The van der Waals surface area contributed by atoms with Gasteiger partial charge in [0, 0.05) is 17.3 Å². The summed E-state index contributed by atoms with van der Waals surface area (Å²) in [6.07, 6.45) is 5.00. The SMILES string of the molecule is Fc1cccc2c(NCC3(c4ccccc4)CCC3)ncnc12. The van der Waals surface area contributed by atoms with E-state index >= 15 is 0 Å². The Bertz CT molecular complexity index is 828. The Morgan fingerprint density at radius 2 is 1.83 bits per heavy atom. The first-order valence-corrected chi connectivity index (χ1v) is 7.97. The van der Waals surface area contributed by atoms with E-state index < -0.39 is 0 Å². The van der Waals surface area contributed by atoms with Gasteiger partial charge in [0.05, 0.1) is 0 Å². The molecule has 0 amide bonds. The number of halogens is 1. The van der Waals surface area contributed by atoms with Gasteiger partial charge in [0.2, 0.25) is 0 Å². The van der Waals surface area contributed by atoms with Crippen molar-refractivity contribution in [3.8, 4) is 0 Å². The highest BCUT2D eigenvalue weighted by Gasteiger charge is 2.38. The quantitative estimate of drug-likeness (QED) is 0.781. The van der Waals surface area contributed by atoms with E-state index in [1.165, 1.54) is 37.2 Å². The maximum Gasteiger partial charge on any atom is 0.149 e. The first-order valence-electron chi connectivity index (χ1n) is 7.97. The molecule has 0 bridgehead atoms. The van der Waals surface area contributed by atoms with E-state index in [2.05, 4.69) is 39.6 Å². The number of rotatable bonds is 4. The normalized spacial score (nSPS) is 16.0. The highest BCUT2D eigenvalue weighted by atomic mass is 19.1. The fourth-order valence-corrected chi connectivity index (χ4v) is 3.41. The Kier molecular flexibility index (Phi) is 3.45. The van der Waals surface area contributed by atoms with E-state index in [9.17, 15) is 4.39 Å². The lowest BCUT2D eigenvalue weighted by molar-refractivity contribution is 0.260. The van der Waals surface area contributed by atoms with Crippen molar-refractivity contribution in [2.24, 2.45) is 0 Å². The van der Waals surface area contributed by atoms with Crippen LogP contribution in [0, 0.1) is 5.82 Å². The van der Waals surface area contributed by atoms with Gasteiger partial charge in [-0.3, -0.25) is 0 Å². The lowest BCUT2D eigenvalue weighted by Crippen LogP contribution is -2.41. The summed E-state index contributed by atoms with van der Waals surface area (Å²) >= 11 is 0. The third-order valence-corrected chi connectivity index (χ3v) is 4.91. The van der Waals surface area contributed by atoms with Crippen LogP contribution >= 0.6 is 0 Å². The predicted molar refractivity (Wildman–Crippen MR) is 90.0 cm³/mol. The molecule has 1 aliphatic rings. The van der Waals surface area contributed by atoms with Gasteiger partial charge in [-0.1, -0.05) is 42.8 Å². The van der Waals surface area contributed by atoms with E-state index in [4.69, 9.17) is 0 Å². The van der Waals surface area contributed by atoms with E-state index in [0.29, 0.717) is 11.3 Å². The average molecular weight is 307 g/mol. The van der Waals surface area contributed by atoms with Crippen LogP contribution in [0.25, 0.3) is 10.9 Å². The van der Waals surface area contributed by atoms with Gasteiger partial charge < -0.3 is 5.32 Å². The molecule has 0 radical (unpaired) electrons. The van der Waals surface area contributed by atoms with Crippen molar-refractivity contribution in [1.82, 2.24) is 9.97 Å². The first kappa shape index (κ1) is 14.1. The van der Waals surface area contributed by atoms with Crippen LogP contribution in [0.5, 0.6) is 0 Å². The minimum absolute atomic E-state index is 0.159. The highest BCUT2D eigenvalue weighted by Crippen LogP contribution is 2.43. The third kappa shape index (κ3) is 2.44. The molecule has 0 unspecified atom stereocenters. The highest BCUT2D eigenvalue weighted by molar-refractivity contribution is 5.89. The summed E-state index contributed by atoms with van der Waals surface area (Å²) in [5.74, 6) is 0.395. The van der Waals surface area contributed by atoms with Gasteiger partial charge >= 0.3 is 0 Å². The second-order valence-electron chi connectivity index (χ2n) is 6.21. The van der Waals surface area contributed by atoms with Crippen molar-refractivity contribution in [3.63, 3.8) is 0 Å². The third-order valence-electron chi connectivity index (χ3n) is 4.91. The largest absolute Gasteiger partial charge is 0.369 e. The smallest absolute Gasteiger partial charge is 0.149 e. The number of anilines is 1. The summed E-state index contributed by atoms with van der Waals surface area (Å²) in [7, 11) is 0. The second kappa shape index (κ2) is 5.61. The monoisotopic (exact) mass is 307 g/mol. The van der Waals surface area contributed by atoms with Gasteiger partial charge in [-0.25, -0.2) is 14.4 Å². The molecule has 1 saturated carbocycles. The Labute approximate surface area is 134 Å². The molecular formula is C19H18FN3. The molecule has 1 aliphatic carbocycles. The van der Waals surface area contributed by atoms with E-state index in [-0.39, 0.29) is 11.2 Å². The minimum Gasteiger partial charge on any atom is -0.369 e. The molecule has 0 atom stereocenters.